The Labute approximate surface area is 138 Å². The fourth-order valence-electron chi connectivity index (χ4n) is 2.60. The first kappa shape index (κ1) is 17.3. The summed E-state index contributed by atoms with van der Waals surface area (Å²) in [5.74, 6) is 1.29. The topological polar surface area (TPSA) is 15.3 Å². The van der Waals surface area contributed by atoms with Gasteiger partial charge >= 0.3 is 0 Å². The van der Waals surface area contributed by atoms with Crippen LogP contribution in [-0.4, -0.2) is 34.5 Å². The number of thioether (sulfide) groups is 1. The lowest BCUT2D eigenvalue weighted by Gasteiger charge is -2.31. The van der Waals surface area contributed by atoms with Crippen molar-refractivity contribution < 1.29 is 0 Å². The van der Waals surface area contributed by atoms with Gasteiger partial charge in [-0.1, -0.05) is 6.92 Å². The number of hydrogen-bond donors (Lipinski definition) is 1. The molecule has 1 saturated heterocycles. The van der Waals surface area contributed by atoms with Crippen LogP contribution >= 0.6 is 23.1 Å². The Balaban J connectivity index is 1.92. The zero-order valence-corrected chi connectivity index (χ0v) is 15.8. The molecule has 2 heterocycles. The molecule has 0 spiro atoms. The van der Waals surface area contributed by atoms with Crippen LogP contribution in [0.5, 0.6) is 0 Å². The minimum atomic E-state index is 0.191. The van der Waals surface area contributed by atoms with Gasteiger partial charge in [-0.3, -0.25) is 4.90 Å². The number of nitrogens with one attached hydrogen (secondary N) is 1. The van der Waals surface area contributed by atoms with Gasteiger partial charge in [0.2, 0.25) is 0 Å². The average Bonchev–Trinajstić information content (AvgIpc) is 2.77. The zero-order chi connectivity index (χ0) is 15.5. The highest BCUT2D eigenvalue weighted by Gasteiger charge is 2.20. The molecule has 0 aliphatic carbocycles. The minimum Gasteiger partial charge on any atom is -0.307 e. The highest BCUT2D eigenvalue weighted by molar-refractivity contribution is 8.00. The van der Waals surface area contributed by atoms with E-state index in [2.05, 4.69) is 62.7 Å². The Morgan fingerprint density at radius 3 is 2.81 bits per heavy atom. The number of rotatable bonds is 5. The highest BCUT2D eigenvalue weighted by atomic mass is 32.2. The largest absolute Gasteiger partial charge is 0.307 e. The van der Waals surface area contributed by atoms with Gasteiger partial charge in [0.25, 0.3) is 0 Å². The molecule has 1 atom stereocenters. The lowest BCUT2D eigenvalue weighted by atomic mass is 10.1. The van der Waals surface area contributed by atoms with Crippen LogP contribution in [0, 0.1) is 6.92 Å². The number of aryl methyl sites for hydroxylation is 1. The summed E-state index contributed by atoms with van der Waals surface area (Å²) in [6.07, 6.45) is 1.30. The van der Waals surface area contributed by atoms with Gasteiger partial charge < -0.3 is 5.32 Å². The Morgan fingerprint density at radius 2 is 2.14 bits per heavy atom. The first-order valence-electron chi connectivity index (χ1n) is 8.04. The van der Waals surface area contributed by atoms with Gasteiger partial charge in [0.05, 0.1) is 0 Å². The highest BCUT2D eigenvalue weighted by Crippen LogP contribution is 2.26. The number of thiophene rings is 1. The maximum Gasteiger partial charge on any atom is 0.0304 e. The molecule has 1 aromatic rings. The van der Waals surface area contributed by atoms with E-state index in [9.17, 15) is 0 Å². The molecular formula is C17H30N2S2. The fraction of sp³-hybridized carbons (Fsp3) is 0.765. The van der Waals surface area contributed by atoms with E-state index in [1.165, 1.54) is 40.6 Å². The van der Waals surface area contributed by atoms with Crippen molar-refractivity contribution in [3.05, 3.63) is 21.4 Å². The lowest BCUT2D eigenvalue weighted by Crippen LogP contribution is -2.37. The molecule has 0 saturated carbocycles. The van der Waals surface area contributed by atoms with Crippen molar-refractivity contribution in [3.63, 3.8) is 0 Å². The van der Waals surface area contributed by atoms with Crippen molar-refractivity contribution in [2.75, 3.05) is 18.8 Å². The summed E-state index contributed by atoms with van der Waals surface area (Å²) in [5.41, 5.74) is 1.73. The predicted molar refractivity (Wildman–Crippen MR) is 97.5 cm³/mol. The van der Waals surface area contributed by atoms with Crippen molar-refractivity contribution in [1.82, 2.24) is 10.2 Å². The second-order valence-corrected chi connectivity index (χ2v) is 9.78. The predicted octanol–water partition coefficient (Wildman–Crippen LogP) is 4.27. The summed E-state index contributed by atoms with van der Waals surface area (Å²) in [5, 5.41) is 4.43. The molecule has 4 heteroatoms. The Morgan fingerprint density at radius 1 is 1.38 bits per heavy atom. The first-order valence-corrected chi connectivity index (χ1v) is 9.91. The van der Waals surface area contributed by atoms with Crippen LogP contribution in [0.1, 0.15) is 49.4 Å². The van der Waals surface area contributed by atoms with E-state index in [4.69, 9.17) is 0 Å². The minimum absolute atomic E-state index is 0.191. The molecule has 1 aliphatic heterocycles. The van der Waals surface area contributed by atoms with E-state index >= 15 is 0 Å². The van der Waals surface area contributed by atoms with E-state index < -0.39 is 0 Å². The van der Waals surface area contributed by atoms with Gasteiger partial charge in [-0.15, -0.1) is 11.3 Å². The molecule has 0 amide bonds. The van der Waals surface area contributed by atoms with E-state index in [0.29, 0.717) is 0 Å². The van der Waals surface area contributed by atoms with Crippen LogP contribution in [0.15, 0.2) is 6.07 Å². The maximum absolute atomic E-state index is 3.59. The van der Waals surface area contributed by atoms with Crippen molar-refractivity contribution in [2.24, 2.45) is 0 Å². The second-order valence-electron chi connectivity index (χ2n) is 7.03. The van der Waals surface area contributed by atoms with Gasteiger partial charge in [0.15, 0.2) is 0 Å². The summed E-state index contributed by atoms with van der Waals surface area (Å²) in [6, 6.07) is 2.42. The van der Waals surface area contributed by atoms with Crippen LogP contribution in [0.4, 0.5) is 0 Å². The van der Waals surface area contributed by atoms with Crippen molar-refractivity contribution in [2.45, 2.75) is 64.9 Å². The zero-order valence-electron chi connectivity index (χ0n) is 14.2. The normalized spacial score (nSPS) is 20.9. The van der Waals surface area contributed by atoms with Crippen LogP contribution in [-0.2, 0) is 13.1 Å². The first-order chi connectivity index (χ1) is 9.87. The van der Waals surface area contributed by atoms with E-state index in [1.54, 1.807) is 0 Å². The quantitative estimate of drug-likeness (QED) is 0.870. The fourth-order valence-corrected chi connectivity index (χ4v) is 4.84. The molecular weight excluding hydrogens is 296 g/mol. The molecule has 0 aromatic carbocycles. The van der Waals surface area contributed by atoms with E-state index in [0.717, 1.165) is 18.3 Å². The maximum atomic E-state index is 3.59. The average molecular weight is 327 g/mol. The third-order valence-electron chi connectivity index (χ3n) is 3.94. The monoisotopic (exact) mass is 326 g/mol. The molecule has 2 nitrogen and oxygen atoms in total. The SMILES string of the molecule is CCC1CN(Cc2cc(CNC(C)(C)C)sc2C)CCS1. The molecule has 1 fully saturated rings. The third-order valence-corrected chi connectivity index (χ3v) is 6.40. The second kappa shape index (κ2) is 7.49. The van der Waals surface area contributed by atoms with Crippen LogP contribution < -0.4 is 5.32 Å². The molecule has 0 bridgehead atoms. The van der Waals surface area contributed by atoms with Crippen molar-refractivity contribution >= 4 is 23.1 Å². The molecule has 1 aromatic heterocycles. The molecule has 2 rings (SSSR count). The Kier molecular flexibility index (Phi) is 6.18. The molecule has 0 radical (unpaired) electrons. The van der Waals surface area contributed by atoms with Gasteiger partial charge in [-0.05, 0) is 45.7 Å². The van der Waals surface area contributed by atoms with Crippen LogP contribution in [0.3, 0.4) is 0 Å². The van der Waals surface area contributed by atoms with Crippen LogP contribution in [0.25, 0.3) is 0 Å². The third kappa shape index (κ3) is 5.59. The molecule has 1 aliphatic rings. The smallest absolute Gasteiger partial charge is 0.0304 e. The van der Waals surface area contributed by atoms with Crippen molar-refractivity contribution in [1.29, 1.82) is 0 Å². The van der Waals surface area contributed by atoms with Gasteiger partial charge in [0, 0.05) is 52.5 Å². The van der Waals surface area contributed by atoms with E-state index in [1.807, 2.05) is 11.3 Å². The summed E-state index contributed by atoms with van der Waals surface area (Å²) in [4.78, 5) is 5.60. The summed E-state index contributed by atoms with van der Waals surface area (Å²) in [7, 11) is 0. The molecule has 1 N–H and O–H groups in total. The Bertz CT molecular complexity index is 448. The molecule has 120 valence electrons. The Hall–Kier alpha value is -0.0300. The summed E-state index contributed by atoms with van der Waals surface area (Å²) in [6.45, 7) is 15.9. The molecule has 1 unspecified atom stereocenters. The van der Waals surface area contributed by atoms with Gasteiger partial charge in [-0.2, -0.15) is 11.8 Å². The number of nitrogens with zero attached hydrogens (tertiary/aromatic N) is 1. The van der Waals surface area contributed by atoms with Gasteiger partial charge in [-0.25, -0.2) is 0 Å². The standard InChI is InChI=1S/C17H30N2S2/c1-6-15-12-19(7-8-20-15)11-14-9-16(21-13(14)2)10-18-17(3,4)5/h9,15,18H,6-8,10-12H2,1-5H3. The van der Waals surface area contributed by atoms with E-state index in [-0.39, 0.29) is 5.54 Å². The van der Waals surface area contributed by atoms with Crippen LogP contribution in [0.2, 0.25) is 0 Å². The summed E-state index contributed by atoms with van der Waals surface area (Å²) >= 11 is 4.10. The van der Waals surface area contributed by atoms with Gasteiger partial charge in [0.1, 0.15) is 0 Å². The summed E-state index contributed by atoms with van der Waals surface area (Å²) < 4.78 is 0. The molecule has 21 heavy (non-hydrogen) atoms. The number of hydrogen-bond acceptors (Lipinski definition) is 4. The lowest BCUT2D eigenvalue weighted by molar-refractivity contribution is 0.273. The van der Waals surface area contributed by atoms with Crippen molar-refractivity contribution in [3.8, 4) is 0 Å².